The van der Waals surface area contributed by atoms with E-state index in [0.29, 0.717) is 16.9 Å². The fraction of sp³-hybridized carbons (Fsp3) is 0.200. The lowest BCUT2D eigenvalue weighted by molar-refractivity contribution is 0.0995. The molecular weight excluding hydrogens is 348 g/mol. The van der Waals surface area contributed by atoms with E-state index in [9.17, 15) is 4.79 Å². The molecule has 0 bridgehead atoms. The van der Waals surface area contributed by atoms with Crippen LogP contribution in [0.25, 0.3) is 10.2 Å². The molecule has 0 aliphatic carbocycles. The maximum Gasteiger partial charge on any atom is 0.280 e. The Bertz CT molecular complexity index is 1030. The molecule has 3 nitrogen and oxygen atoms in total. The van der Waals surface area contributed by atoms with Crippen molar-refractivity contribution in [1.29, 1.82) is 0 Å². The summed E-state index contributed by atoms with van der Waals surface area (Å²) in [6.07, 6.45) is 3.81. The predicted octanol–water partition coefficient (Wildman–Crippen LogP) is 4.97. The van der Waals surface area contributed by atoms with E-state index in [2.05, 4.69) is 42.1 Å². The van der Waals surface area contributed by atoms with Gasteiger partial charge in [-0.3, -0.25) is 4.79 Å². The zero-order chi connectivity index (χ0) is 18.0. The van der Waals surface area contributed by atoms with E-state index in [1.165, 1.54) is 15.8 Å². The van der Waals surface area contributed by atoms with E-state index in [1.807, 2.05) is 36.6 Å². The van der Waals surface area contributed by atoms with Crippen molar-refractivity contribution in [3.63, 3.8) is 0 Å². The fourth-order valence-electron chi connectivity index (χ4n) is 2.83. The number of carbonyl (C=O) groups excluding carboxylic acids is 1. The summed E-state index contributed by atoms with van der Waals surface area (Å²) in [5.74, 6) is -0.204. The van der Waals surface area contributed by atoms with E-state index >= 15 is 0 Å². The standard InChI is InChI=1S/C20H20N2OS2/c1-5-12-22-17-13(2)10-11-14(3)18(17)25-20(22)21-19(23)15-8-6-7-9-16(15)24-4/h5-11H,1,12H2,2-4H3. The summed E-state index contributed by atoms with van der Waals surface area (Å²) in [4.78, 5) is 18.9. The van der Waals surface area contributed by atoms with Crippen molar-refractivity contribution >= 4 is 39.2 Å². The van der Waals surface area contributed by atoms with Crippen LogP contribution in [0.15, 0.2) is 58.9 Å². The molecule has 0 saturated carbocycles. The highest BCUT2D eigenvalue weighted by atomic mass is 32.2. The first-order chi connectivity index (χ1) is 12.1. The molecule has 0 fully saturated rings. The van der Waals surface area contributed by atoms with Gasteiger partial charge < -0.3 is 4.57 Å². The minimum absolute atomic E-state index is 0.204. The molecule has 1 aromatic heterocycles. The van der Waals surface area contributed by atoms with Gasteiger partial charge in [-0.25, -0.2) is 0 Å². The van der Waals surface area contributed by atoms with Crippen molar-refractivity contribution in [1.82, 2.24) is 4.57 Å². The van der Waals surface area contributed by atoms with Crippen molar-refractivity contribution in [2.45, 2.75) is 25.3 Å². The third-order valence-electron chi connectivity index (χ3n) is 4.07. The molecule has 3 rings (SSSR count). The Morgan fingerprint density at radius 2 is 1.96 bits per heavy atom. The summed E-state index contributed by atoms with van der Waals surface area (Å²) in [7, 11) is 0. The molecule has 0 atom stereocenters. The van der Waals surface area contributed by atoms with E-state index in [4.69, 9.17) is 0 Å². The second-order valence-electron chi connectivity index (χ2n) is 5.78. The lowest BCUT2D eigenvalue weighted by Crippen LogP contribution is -2.17. The minimum Gasteiger partial charge on any atom is -0.312 e. The smallest absolute Gasteiger partial charge is 0.280 e. The number of thiazole rings is 1. The summed E-state index contributed by atoms with van der Waals surface area (Å²) in [5, 5.41) is 0. The third kappa shape index (κ3) is 3.34. The Hall–Kier alpha value is -2.11. The number of thioether (sulfide) groups is 1. The normalized spacial score (nSPS) is 11.9. The molecule has 0 aliphatic heterocycles. The number of amides is 1. The minimum atomic E-state index is -0.204. The van der Waals surface area contributed by atoms with Gasteiger partial charge in [0.15, 0.2) is 4.80 Å². The van der Waals surface area contributed by atoms with Crippen molar-refractivity contribution in [3.05, 3.63) is 70.5 Å². The van der Waals surface area contributed by atoms with Gasteiger partial charge in [0, 0.05) is 11.4 Å². The molecule has 0 radical (unpaired) electrons. The maximum atomic E-state index is 12.8. The Kier molecular flexibility index (Phi) is 5.25. The van der Waals surface area contributed by atoms with E-state index in [1.54, 1.807) is 23.1 Å². The predicted molar refractivity (Wildman–Crippen MR) is 108 cm³/mol. The Labute approximate surface area is 155 Å². The van der Waals surface area contributed by atoms with Crippen LogP contribution in [0.1, 0.15) is 21.5 Å². The van der Waals surface area contributed by atoms with Crippen molar-refractivity contribution in [3.8, 4) is 0 Å². The van der Waals surface area contributed by atoms with E-state index in [0.717, 1.165) is 10.4 Å². The molecule has 1 heterocycles. The van der Waals surface area contributed by atoms with Crippen molar-refractivity contribution in [2.24, 2.45) is 4.99 Å². The van der Waals surface area contributed by atoms with Crippen LogP contribution in [0.2, 0.25) is 0 Å². The number of nitrogens with zero attached hydrogens (tertiary/aromatic N) is 2. The molecule has 128 valence electrons. The number of rotatable bonds is 4. The molecule has 0 unspecified atom stereocenters. The fourth-order valence-corrected chi connectivity index (χ4v) is 4.60. The number of fused-ring (bicyclic) bond motifs is 1. The lowest BCUT2D eigenvalue weighted by atomic mass is 10.1. The molecule has 25 heavy (non-hydrogen) atoms. The van der Waals surface area contributed by atoms with Crippen LogP contribution in [0.5, 0.6) is 0 Å². The van der Waals surface area contributed by atoms with Crippen LogP contribution in [0, 0.1) is 13.8 Å². The monoisotopic (exact) mass is 368 g/mol. The third-order valence-corrected chi connectivity index (χ3v) is 6.08. The summed E-state index contributed by atoms with van der Waals surface area (Å²) in [6, 6.07) is 11.8. The number of hydrogen-bond donors (Lipinski definition) is 0. The quantitative estimate of drug-likeness (QED) is 0.481. The highest BCUT2D eigenvalue weighted by Gasteiger charge is 2.13. The Morgan fingerprint density at radius 3 is 2.68 bits per heavy atom. The Morgan fingerprint density at radius 1 is 1.24 bits per heavy atom. The van der Waals surface area contributed by atoms with Crippen molar-refractivity contribution in [2.75, 3.05) is 6.26 Å². The summed E-state index contributed by atoms with van der Waals surface area (Å²) in [6.45, 7) is 8.65. The number of aryl methyl sites for hydroxylation is 2. The molecule has 3 aromatic rings. The summed E-state index contributed by atoms with van der Waals surface area (Å²) in [5.41, 5.74) is 4.15. The van der Waals surface area contributed by atoms with Gasteiger partial charge in [-0.05, 0) is 43.4 Å². The molecule has 0 aliphatic rings. The van der Waals surface area contributed by atoms with Crippen LogP contribution < -0.4 is 4.80 Å². The Balaban J connectivity index is 2.24. The second kappa shape index (κ2) is 7.42. The zero-order valence-corrected chi connectivity index (χ0v) is 16.2. The van der Waals surface area contributed by atoms with Crippen LogP contribution >= 0.6 is 23.1 Å². The summed E-state index contributed by atoms with van der Waals surface area (Å²) < 4.78 is 3.25. The lowest BCUT2D eigenvalue weighted by Gasteiger charge is -2.05. The van der Waals surface area contributed by atoms with Gasteiger partial charge in [-0.15, -0.1) is 18.3 Å². The van der Waals surface area contributed by atoms with E-state index < -0.39 is 0 Å². The van der Waals surface area contributed by atoms with Crippen molar-refractivity contribution < 1.29 is 4.79 Å². The van der Waals surface area contributed by atoms with Gasteiger partial charge in [0.25, 0.3) is 5.91 Å². The number of carbonyl (C=O) groups is 1. The topological polar surface area (TPSA) is 34.4 Å². The first-order valence-electron chi connectivity index (χ1n) is 7.99. The zero-order valence-electron chi connectivity index (χ0n) is 14.6. The van der Waals surface area contributed by atoms with Gasteiger partial charge in [0.1, 0.15) is 0 Å². The summed E-state index contributed by atoms with van der Waals surface area (Å²) >= 11 is 3.12. The first kappa shape index (κ1) is 17.7. The van der Waals surface area contributed by atoms with Gasteiger partial charge in [-0.2, -0.15) is 4.99 Å². The molecule has 5 heteroatoms. The van der Waals surface area contributed by atoms with E-state index in [-0.39, 0.29) is 5.91 Å². The number of hydrogen-bond acceptors (Lipinski definition) is 3. The van der Waals surface area contributed by atoms with Gasteiger partial charge in [-0.1, -0.05) is 41.7 Å². The second-order valence-corrected chi connectivity index (χ2v) is 7.60. The number of allylic oxidation sites excluding steroid dienone is 1. The molecule has 0 N–H and O–H groups in total. The average Bonchev–Trinajstić information content (AvgIpc) is 2.98. The van der Waals surface area contributed by atoms with Gasteiger partial charge in [0.2, 0.25) is 0 Å². The highest BCUT2D eigenvalue weighted by molar-refractivity contribution is 7.98. The maximum absolute atomic E-state index is 12.8. The number of aromatic nitrogens is 1. The average molecular weight is 369 g/mol. The van der Waals surface area contributed by atoms with Crippen LogP contribution in [-0.2, 0) is 6.54 Å². The molecule has 2 aromatic carbocycles. The van der Waals surface area contributed by atoms with Crippen LogP contribution in [0.4, 0.5) is 0 Å². The van der Waals surface area contributed by atoms with Crippen LogP contribution in [-0.4, -0.2) is 16.7 Å². The van der Waals surface area contributed by atoms with Gasteiger partial charge >= 0.3 is 0 Å². The number of benzene rings is 2. The molecule has 0 saturated heterocycles. The molecular formula is C20H20N2OS2. The SMILES string of the molecule is C=CCn1c(=NC(=O)c2ccccc2SC)sc2c(C)ccc(C)c21. The highest BCUT2D eigenvalue weighted by Crippen LogP contribution is 2.25. The largest absolute Gasteiger partial charge is 0.312 e. The van der Waals surface area contributed by atoms with Gasteiger partial charge in [0.05, 0.1) is 15.8 Å². The molecule has 1 amide bonds. The van der Waals surface area contributed by atoms with Crippen LogP contribution in [0.3, 0.4) is 0 Å². The molecule has 0 spiro atoms. The first-order valence-corrected chi connectivity index (χ1v) is 10.0.